The van der Waals surface area contributed by atoms with E-state index >= 15 is 0 Å². The molecule has 3 heterocycles. The van der Waals surface area contributed by atoms with Crippen LogP contribution in [-0.2, 0) is 24.2 Å². The molecule has 2 N–H and O–H groups in total. The Labute approximate surface area is 193 Å². The molecule has 0 aliphatic carbocycles. The highest BCUT2D eigenvalue weighted by atomic mass is 16.5. The molecule has 1 saturated heterocycles. The van der Waals surface area contributed by atoms with Crippen LogP contribution in [-0.4, -0.2) is 70.5 Å². The Kier molecular flexibility index (Phi) is 6.20. The van der Waals surface area contributed by atoms with Gasteiger partial charge in [0.2, 0.25) is 0 Å². The van der Waals surface area contributed by atoms with Gasteiger partial charge < -0.3 is 19.5 Å². The minimum atomic E-state index is -0.177. The molecular weight excluding hydrogens is 420 g/mol. The summed E-state index contributed by atoms with van der Waals surface area (Å²) in [6.07, 6.45) is 1.82. The number of hydrogen-bond donors (Lipinski definition) is 2. The van der Waals surface area contributed by atoms with Gasteiger partial charge in [-0.05, 0) is 35.7 Å². The van der Waals surface area contributed by atoms with Crippen LogP contribution in [0.1, 0.15) is 40.5 Å². The number of nitrogens with zero attached hydrogens (tertiary/aromatic N) is 3. The van der Waals surface area contributed by atoms with Gasteiger partial charge in [0.05, 0.1) is 24.3 Å². The smallest absolute Gasteiger partial charge is 0.258 e. The van der Waals surface area contributed by atoms with Crippen molar-refractivity contribution in [3.63, 3.8) is 0 Å². The Morgan fingerprint density at radius 2 is 2.00 bits per heavy atom. The molecule has 0 radical (unpaired) electrons. The average molecular weight is 451 g/mol. The van der Waals surface area contributed by atoms with Crippen LogP contribution in [0.3, 0.4) is 0 Å². The molecule has 8 heteroatoms. The molecule has 174 valence electrons. The molecule has 33 heavy (non-hydrogen) atoms. The van der Waals surface area contributed by atoms with Gasteiger partial charge in [0.25, 0.3) is 5.91 Å². The molecule has 2 aliphatic heterocycles. The third-order valence-electron chi connectivity index (χ3n) is 6.45. The van der Waals surface area contributed by atoms with Crippen molar-refractivity contribution in [2.24, 2.45) is 0 Å². The third kappa shape index (κ3) is 4.54. The number of phenolic OH excluding ortho intramolecular Hbond substituents is 1. The lowest BCUT2D eigenvalue weighted by Crippen LogP contribution is -2.38. The molecule has 0 bridgehead atoms. The molecule has 5 rings (SSSR count). The van der Waals surface area contributed by atoms with Crippen molar-refractivity contribution in [3.8, 4) is 11.5 Å². The predicted molar refractivity (Wildman–Crippen MR) is 125 cm³/mol. The Bertz CT molecular complexity index is 1150. The number of ether oxygens (including phenoxy) is 2. The van der Waals surface area contributed by atoms with Gasteiger partial charge >= 0.3 is 0 Å². The van der Waals surface area contributed by atoms with Crippen molar-refractivity contribution in [1.29, 1.82) is 0 Å². The maximum Gasteiger partial charge on any atom is 0.258 e. The van der Waals surface area contributed by atoms with Crippen molar-refractivity contribution in [2.75, 3.05) is 39.5 Å². The van der Waals surface area contributed by atoms with E-state index in [0.717, 1.165) is 73.6 Å². The summed E-state index contributed by atoms with van der Waals surface area (Å²) in [5, 5.41) is 18.7. The molecule has 0 atom stereocenters. The summed E-state index contributed by atoms with van der Waals surface area (Å²) in [5.74, 6) is 0.609. The number of aromatic amines is 1. The zero-order valence-electron chi connectivity index (χ0n) is 19.0. The molecule has 0 spiro atoms. The fraction of sp³-hybridized carbons (Fsp3) is 0.440. The average Bonchev–Trinajstić information content (AvgIpc) is 3.42. The fourth-order valence-electron chi connectivity index (χ4n) is 4.60. The normalized spacial score (nSPS) is 16.3. The number of aromatic nitrogens is 2. The number of fused-ring (bicyclic) bond motifs is 2. The first kappa shape index (κ1) is 21.7. The van der Waals surface area contributed by atoms with Gasteiger partial charge in [0, 0.05) is 49.9 Å². The summed E-state index contributed by atoms with van der Waals surface area (Å²) in [5.41, 5.74) is 4.18. The molecule has 2 aliphatic rings. The minimum absolute atomic E-state index is 0.0369. The number of carbonyl (C=O) groups excluding carboxylic acids is 1. The zero-order chi connectivity index (χ0) is 22.8. The summed E-state index contributed by atoms with van der Waals surface area (Å²) in [6, 6.07) is 9.37. The molecular formula is C25H30N4O4. The van der Waals surface area contributed by atoms with Gasteiger partial charge in [-0.1, -0.05) is 19.4 Å². The van der Waals surface area contributed by atoms with Gasteiger partial charge in [0.15, 0.2) is 0 Å². The van der Waals surface area contributed by atoms with E-state index in [1.165, 1.54) is 0 Å². The molecule has 0 unspecified atom stereocenters. The van der Waals surface area contributed by atoms with Crippen LogP contribution in [0.5, 0.6) is 11.5 Å². The Hall–Kier alpha value is -3.10. The first-order valence-electron chi connectivity index (χ1n) is 11.7. The maximum atomic E-state index is 13.3. The number of benzene rings is 2. The largest absolute Gasteiger partial charge is 0.507 e. The number of carbonyl (C=O) groups is 1. The molecule has 1 aromatic heterocycles. The molecule has 1 fully saturated rings. The molecule has 8 nitrogen and oxygen atoms in total. The SMILES string of the molecule is CCCc1[nH]nc2cc(O)c(C(=O)N3Cc4ccc(OCCN5CCOCC5)cc4C3)cc12. The molecule has 0 saturated carbocycles. The van der Waals surface area contributed by atoms with Crippen molar-refractivity contribution >= 4 is 16.8 Å². The Balaban J connectivity index is 1.26. The Morgan fingerprint density at radius 3 is 2.82 bits per heavy atom. The molecule has 3 aromatic rings. The van der Waals surface area contributed by atoms with E-state index in [-0.39, 0.29) is 11.7 Å². The van der Waals surface area contributed by atoms with E-state index in [9.17, 15) is 9.90 Å². The van der Waals surface area contributed by atoms with E-state index in [1.54, 1.807) is 17.0 Å². The van der Waals surface area contributed by atoms with Crippen molar-refractivity contribution in [2.45, 2.75) is 32.9 Å². The number of nitrogens with one attached hydrogen (secondary N) is 1. The second-order valence-corrected chi connectivity index (χ2v) is 8.73. The zero-order valence-corrected chi connectivity index (χ0v) is 19.0. The topological polar surface area (TPSA) is 90.9 Å². The molecule has 1 amide bonds. The summed E-state index contributed by atoms with van der Waals surface area (Å²) < 4.78 is 11.4. The van der Waals surface area contributed by atoms with Crippen LogP contribution >= 0.6 is 0 Å². The van der Waals surface area contributed by atoms with E-state index < -0.39 is 0 Å². The molecule has 2 aromatic carbocycles. The fourth-order valence-corrected chi connectivity index (χ4v) is 4.60. The standard InChI is InChI=1S/C25H30N4O4/c1-2-3-22-20-13-21(24(30)14-23(20)27-26-22)25(31)29-15-17-4-5-19(12-18(17)16-29)33-11-8-28-6-9-32-10-7-28/h4-5,12-14,30H,2-3,6-11,15-16H2,1H3,(H,26,27). The van der Waals surface area contributed by atoms with Gasteiger partial charge in [0.1, 0.15) is 18.1 Å². The number of aromatic hydroxyl groups is 1. The number of H-pyrrole nitrogens is 1. The lowest BCUT2D eigenvalue weighted by molar-refractivity contribution is 0.0322. The minimum Gasteiger partial charge on any atom is -0.507 e. The Morgan fingerprint density at radius 1 is 1.18 bits per heavy atom. The number of morpholine rings is 1. The summed E-state index contributed by atoms with van der Waals surface area (Å²) in [4.78, 5) is 17.4. The highest BCUT2D eigenvalue weighted by Crippen LogP contribution is 2.32. The number of hydrogen-bond acceptors (Lipinski definition) is 6. The van der Waals surface area contributed by atoms with E-state index in [1.807, 2.05) is 18.2 Å². The predicted octanol–water partition coefficient (Wildman–Crippen LogP) is 3.09. The van der Waals surface area contributed by atoms with E-state index in [4.69, 9.17) is 9.47 Å². The lowest BCUT2D eigenvalue weighted by atomic mass is 10.1. The summed E-state index contributed by atoms with van der Waals surface area (Å²) in [7, 11) is 0. The van der Waals surface area contributed by atoms with Gasteiger partial charge in [-0.15, -0.1) is 0 Å². The number of aryl methyl sites for hydroxylation is 1. The quantitative estimate of drug-likeness (QED) is 0.575. The second-order valence-electron chi connectivity index (χ2n) is 8.73. The van der Waals surface area contributed by atoms with Crippen LogP contribution in [0, 0.1) is 0 Å². The van der Waals surface area contributed by atoms with Gasteiger partial charge in [-0.25, -0.2) is 0 Å². The van der Waals surface area contributed by atoms with Gasteiger partial charge in [-0.3, -0.25) is 14.8 Å². The first-order chi connectivity index (χ1) is 16.1. The highest BCUT2D eigenvalue weighted by Gasteiger charge is 2.27. The van der Waals surface area contributed by atoms with Crippen molar-refractivity contribution < 1.29 is 19.4 Å². The van der Waals surface area contributed by atoms with Crippen molar-refractivity contribution in [3.05, 3.63) is 52.7 Å². The van der Waals surface area contributed by atoms with Crippen LogP contribution < -0.4 is 4.74 Å². The summed E-state index contributed by atoms with van der Waals surface area (Å²) >= 11 is 0. The maximum absolute atomic E-state index is 13.3. The lowest BCUT2D eigenvalue weighted by Gasteiger charge is -2.26. The number of amides is 1. The second kappa shape index (κ2) is 9.41. The van der Waals surface area contributed by atoms with Crippen LogP contribution in [0.2, 0.25) is 0 Å². The summed E-state index contributed by atoms with van der Waals surface area (Å²) in [6.45, 7) is 8.08. The third-order valence-corrected chi connectivity index (χ3v) is 6.45. The van der Waals surface area contributed by atoms with Crippen LogP contribution in [0.4, 0.5) is 0 Å². The van der Waals surface area contributed by atoms with Crippen molar-refractivity contribution in [1.82, 2.24) is 20.0 Å². The van der Waals surface area contributed by atoms with Crippen LogP contribution in [0.25, 0.3) is 10.9 Å². The monoisotopic (exact) mass is 450 g/mol. The van der Waals surface area contributed by atoms with Crippen LogP contribution in [0.15, 0.2) is 30.3 Å². The number of rotatable bonds is 7. The van der Waals surface area contributed by atoms with Gasteiger partial charge in [-0.2, -0.15) is 5.10 Å². The first-order valence-corrected chi connectivity index (χ1v) is 11.7. The number of phenols is 1. The highest BCUT2D eigenvalue weighted by molar-refractivity contribution is 6.01. The van der Waals surface area contributed by atoms with E-state index in [2.05, 4.69) is 22.0 Å². The van der Waals surface area contributed by atoms with E-state index in [0.29, 0.717) is 30.8 Å².